The zero-order chi connectivity index (χ0) is 13.2. The molecule has 0 unspecified atom stereocenters. The van der Waals surface area contributed by atoms with Gasteiger partial charge in [-0.1, -0.05) is 11.3 Å². The summed E-state index contributed by atoms with van der Waals surface area (Å²) in [4.78, 5) is 0.927. The second-order valence-corrected chi connectivity index (χ2v) is 5.30. The first kappa shape index (κ1) is 12.4. The summed E-state index contributed by atoms with van der Waals surface area (Å²) in [5, 5.41) is 8.47. The molecule has 0 atom stereocenters. The lowest BCUT2D eigenvalue weighted by Gasteiger charge is -2.02. The van der Waals surface area contributed by atoms with E-state index in [0.717, 1.165) is 34.9 Å². The lowest BCUT2D eigenvalue weighted by molar-refractivity contribution is 0.341. The van der Waals surface area contributed by atoms with E-state index in [4.69, 9.17) is 10.5 Å². The van der Waals surface area contributed by atoms with E-state index in [0.29, 0.717) is 13.2 Å². The van der Waals surface area contributed by atoms with Gasteiger partial charge in [-0.2, -0.15) is 0 Å². The molecule has 0 aliphatic heterocycles. The first-order valence-corrected chi connectivity index (χ1v) is 7.24. The molecule has 3 aromatic rings. The summed E-state index contributed by atoms with van der Waals surface area (Å²) in [5.74, 6) is 1.88. The van der Waals surface area contributed by atoms with E-state index >= 15 is 0 Å². The van der Waals surface area contributed by atoms with Gasteiger partial charge in [0.25, 0.3) is 0 Å². The number of nitrogens with zero attached hydrogens (tertiary/aromatic N) is 3. The Kier molecular flexibility index (Phi) is 3.35. The number of thiazole rings is 1. The second kappa shape index (κ2) is 5.14. The van der Waals surface area contributed by atoms with Crippen molar-refractivity contribution in [3.8, 4) is 5.75 Å². The minimum atomic E-state index is 0.672. The van der Waals surface area contributed by atoms with Crippen molar-refractivity contribution >= 4 is 26.5 Å². The lowest BCUT2D eigenvalue weighted by atomic mass is 10.3. The van der Waals surface area contributed by atoms with E-state index in [-0.39, 0.29) is 0 Å². The molecule has 0 aliphatic carbocycles. The predicted molar refractivity (Wildman–Crippen MR) is 76.9 cm³/mol. The number of rotatable bonds is 5. The standard InChI is InChI=1S/C13H16N4OS/c1-2-18-9-5-6-10-11(8-9)19-13-16-15-12(17(10)13)4-3-7-14/h5-6,8H,2-4,7,14H2,1H3. The molecule has 0 fully saturated rings. The molecule has 0 saturated heterocycles. The summed E-state index contributed by atoms with van der Waals surface area (Å²) >= 11 is 1.63. The van der Waals surface area contributed by atoms with Crippen LogP contribution < -0.4 is 10.5 Å². The topological polar surface area (TPSA) is 65.4 Å². The van der Waals surface area contributed by atoms with Crippen molar-refractivity contribution in [2.24, 2.45) is 5.73 Å². The third-order valence-corrected chi connectivity index (χ3v) is 3.98. The number of ether oxygens (including phenoxy) is 1. The van der Waals surface area contributed by atoms with Crippen LogP contribution in [0.1, 0.15) is 19.2 Å². The average molecular weight is 276 g/mol. The van der Waals surface area contributed by atoms with Gasteiger partial charge in [0.1, 0.15) is 11.6 Å². The van der Waals surface area contributed by atoms with E-state index in [1.165, 1.54) is 4.70 Å². The van der Waals surface area contributed by atoms with E-state index in [2.05, 4.69) is 26.7 Å². The maximum absolute atomic E-state index is 5.56. The molecule has 0 saturated carbocycles. The Hall–Kier alpha value is -1.66. The number of hydrogen-bond acceptors (Lipinski definition) is 5. The molecule has 0 radical (unpaired) electrons. The Morgan fingerprint density at radius 3 is 3.05 bits per heavy atom. The van der Waals surface area contributed by atoms with Gasteiger partial charge in [-0.05, 0) is 38.1 Å². The van der Waals surface area contributed by atoms with Crippen LogP contribution in [0.5, 0.6) is 5.75 Å². The fraction of sp³-hybridized carbons (Fsp3) is 0.385. The van der Waals surface area contributed by atoms with E-state index < -0.39 is 0 Å². The Balaban J connectivity index is 2.09. The molecule has 0 amide bonds. The summed E-state index contributed by atoms with van der Waals surface area (Å²) in [6, 6.07) is 6.12. The summed E-state index contributed by atoms with van der Waals surface area (Å²) < 4.78 is 8.81. The smallest absolute Gasteiger partial charge is 0.217 e. The lowest BCUT2D eigenvalue weighted by Crippen LogP contribution is -2.03. The maximum atomic E-state index is 5.56. The molecular weight excluding hydrogens is 260 g/mol. The summed E-state index contributed by atoms with van der Waals surface area (Å²) in [6.45, 7) is 3.34. The fourth-order valence-corrected chi connectivity index (χ4v) is 3.16. The molecule has 2 N–H and O–H groups in total. The first-order chi connectivity index (χ1) is 9.33. The van der Waals surface area contributed by atoms with Gasteiger partial charge in [0.15, 0.2) is 0 Å². The number of aromatic nitrogens is 3. The van der Waals surface area contributed by atoms with Crippen molar-refractivity contribution in [1.82, 2.24) is 14.6 Å². The Morgan fingerprint density at radius 2 is 2.26 bits per heavy atom. The highest BCUT2D eigenvalue weighted by molar-refractivity contribution is 7.23. The van der Waals surface area contributed by atoms with Gasteiger partial charge in [-0.15, -0.1) is 10.2 Å². The largest absolute Gasteiger partial charge is 0.494 e. The molecule has 3 rings (SSSR count). The predicted octanol–water partition coefficient (Wildman–Crippen LogP) is 2.23. The van der Waals surface area contributed by atoms with Crippen molar-refractivity contribution in [2.45, 2.75) is 19.8 Å². The number of fused-ring (bicyclic) bond motifs is 3. The zero-order valence-electron chi connectivity index (χ0n) is 10.8. The fourth-order valence-electron chi connectivity index (χ4n) is 2.15. The molecule has 0 bridgehead atoms. The molecule has 19 heavy (non-hydrogen) atoms. The molecule has 2 aromatic heterocycles. The Morgan fingerprint density at radius 1 is 1.37 bits per heavy atom. The van der Waals surface area contributed by atoms with Crippen LogP contribution in [0, 0.1) is 0 Å². The third kappa shape index (κ3) is 2.17. The highest BCUT2D eigenvalue weighted by Crippen LogP contribution is 2.29. The second-order valence-electron chi connectivity index (χ2n) is 4.29. The van der Waals surface area contributed by atoms with Gasteiger partial charge in [-0.3, -0.25) is 4.40 Å². The molecule has 2 heterocycles. The minimum Gasteiger partial charge on any atom is -0.494 e. The van der Waals surface area contributed by atoms with Crippen molar-refractivity contribution in [1.29, 1.82) is 0 Å². The average Bonchev–Trinajstić information content (AvgIpc) is 2.95. The van der Waals surface area contributed by atoms with Crippen molar-refractivity contribution < 1.29 is 4.74 Å². The zero-order valence-corrected chi connectivity index (χ0v) is 11.6. The van der Waals surface area contributed by atoms with Crippen LogP contribution in [0.4, 0.5) is 0 Å². The highest BCUT2D eigenvalue weighted by atomic mass is 32.1. The number of nitrogens with two attached hydrogens (primary N) is 1. The number of hydrogen-bond donors (Lipinski definition) is 1. The molecule has 0 aliphatic rings. The van der Waals surface area contributed by atoms with Gasteiger partial charge < -0.3 is 10.5 Å². The summed E-state index contributed by atoms with van der Waals surface area (Å²) in [7, 11) is 0. The maximum Gasteiger partial charge on any atom is 0.217 e. The highest BCUT2D eigenvalue weighted by Gasteiger charge is 2.12. The van der Waals surface area contributed by atoms with E-state index in [9.17, 15) is 0 Å². The molecule has 6 heteroatoms. The van der Waals surface area contributed by atoms with Crippen LogP contribution in [0.2, 0.25) is 0 Å². The van der Waals surface area contributed by atoms with Crippen molar-refractivity contribution in [2.75, 3.05) is 13.2 Å². The monoisotopic (exact) mass is 276 g/mol. The van der Waals surface area contributed by atoms with Gasteiger partial charge >= 0.3 is 0 Å². The molecule has 100 valence electrons. The van der Waals surface area contributed by atoms with Gasteiger partial charge in [0.05, 0.1) is 16.8 Å². The first-order valence-electron chi connectivity index (χ1n) is 6.43. The normalized spacial score (nSPS) is 11.5. The van der Waals surface area contributed by atoms with Gasteiger partial charge in [0.2, 0.25) is 4.96 Å². The third-order valence-electron chi connectivity index (χ3n) is 2.99. The SMILES string of the molecule is CCOc1ccc2c(c1)sc1nnc(CCCN)n12. The number of benzene rings is 1. The van der Waals surface area contributed by atoms with E-state index in [1.54, 1.807) is 11.3 Å². The van der Waals surface area contributed by atoms with Crippen LogP contribution in [-0.4, -0.2) is 27.7 Å². The molecular formula is C13H16N4OS. The van der Waals surface area contributed by atoms with Crippen LogP contribution in [0.3, 0.4) is 0 Å². The van der Waals surface area contributed by atoms with Gasteiger partial charge in [0, 0.05) is 6.42 Å². The summed E-state index contributed by atoms with van der Waals surface area (Å²) in [6.07, 6.45) is 1.78. The Labute approximate surface area is 115 Å². The minimum absolute atomic E-state index is 0.672. The molecule has 1 aromatic carbocycles. The molecule has 5 nitrogen and oxygen atoms in total. The number of aryl methyl sites for hydroxylation is 1. The van der Waals surface area contributed by atoms with Crippen molar-refractivity contribution in [3.63, 3.8) is 0 Å². The van der Waals surface area contributed by atoms with Crippen LogP contribution >= 0.6 is 11.3 Å². The van der Waals surface area contributed by atoms with E-state index in [1.807, 2.05) is 13.0 Å². The quantitative estimate of drug-likeness (QED) is 0.776. The summed E-state index contributed by atoms with van der Waals surface area (Å²) in [5.41, 5.74) is 6.70. The van der Waals surface area contributed by atoms with Crippen LogP contribution in [0.25, 0.3) is 15.2 Å². The van der Waals surface area contributed by atoms with Gasteiger partial charge in [-0.25, -0.2) is 0 Å². The molecule has 0 spiro atoms. The van der Waals surface area contributed by atoms with Crippen LogP contribution in [-0.2, 0) is 6.42 Å². The Bertz CT molecular complexity index is 703. The van der Waals surface area contributed by atoms with Crippen molar-refractivity contribution in [3.05, 3.63) is 24.0 Å². The van der Waals surface area contributed by atoms with Crippen LogP contribution in [0.15, 0.2) is 18.2 Å².